The maximum absolute atomic E-state index is 9.80. The van der Waals surface area contributed by atoms with Gasteiger partial charge in [0.05, 0.1) is 21.3 Å². The van der Waals surface area contributed by atoms with E-state index < -0.39 is 0 Å². The van der Waals surface area contributed by atoms with E-state index in [4.69, 9.17) is 14.2 Å². The van der Waals surface area contributed by atoms with Crippen LogP contribution >= 0.6 is 0 Å². The van der Waals surface area contributed by atoms with E-state index in [1.807, 2.05) is 24.3 Å². The van der Waals surface area contributed by atoms with Crippen molar-refractivity contribution in [3.05, 3.63) is 47.0 Å². The average molecular weight is 315 g/mol. The summed E-state index contributed by atoms with van der Waals surface area (Å²) < 4.78 is 16.1. The summed E-state index contributed by atoms with van der Waals surface area (Å²) in [7, 11) is 4.84. The normalized spacial score (nSPS) is 16.6. The van der Waals surface area contributed by atoms with E-state index in [1.165, 1.54) is 11.1 Å². The third-order valence-corrected chi connectivity index (χ3v) is 4.29. The van der Waals surface area contributed by atoms with Crippen molar-refractivity contribution in [3.8, 4) is 23.0 Å². The summed E-state index contributed by atoms with van der Waals surface area (Å²) in [5.74, 6) is 2.25. The molecule has 1 aliphatic heterocycles. The highest BCUT2D eigenvalue weighted by Crippen LogP contribution is 2.39. The third-order valence-electron chi connectivity index (χ3n) is 4.29. The van der Waals surface area contributed by atoms with Crippen LogP contribution in [0.15, 0.2) is 30.3 Å². The Balaban J connectivity index is 2.07. The van der Waals surface area contributed by atoms with Gasteiger partial charge in [0.2, 0.25) is 0 Å². The summed E-state index contributed by atoms with van der Waals surface area (Å²) in [6.45, 7) is 1.61. The molecule has 1 heterocycles. The first kappa shape index (κ1) is 15.5. The van der Waals surface area contributed by atoms with Gasteiger partial charge in [-0.3, -0.25) is 0 Å². The van der Waals surface area contributed by atoms with Crippen molar-refractivity contribution >= 4 is 0 Å². The monoisotopic (exact) mass is 315 g/mol. The minimum absolute atomic E-state index is 0.146. The zero-order valence-corrected chi connectivity index (χ0v) is 13.6. The molecule has 1 unspecified atom stereocenters. The molecule has 0 spiro atoms. The molecule has 0 aromatic heterocycles. The standard InChI is InChI=1S/C18H21NO4/c1-21-16-6-11(4-5-15(16)20)14-10-19-9-12-7-17(22-2)18(23-3)8-13(12)14/h4-8,14,19-20H,9-10H2,1-3H3. The Hall–Kier alpha value is -2.40. The molecule has 2 N–H and O–H groups in total. The molecule has 122 valence electrons. The molecule has 5 heteroatoms. The summed E-state index contributed by atoms with van der Waals surface area (Å²) in [6, 6.07) is 9.54. The molecule has 0 fully saturated rings. The van der Waals surface area contributed by atoms with E-state index in [0.717, 1.165) is 30.2 Å². The molecular weight excluding hydrogens is 294 g/mol. The Morgan fingerprint density at radius 1 is 0.957 bits per heavy atom. The molecule has 0 amide bonds. The number of nitrogens with one attached hydrogen (secondary N) is 1. The van der Waals surface area contributed by atoms with Gasteiger partial charge in [-0.1, -0.05) is 6.07 Å². The first-order valence-electron chi connectivity index (χ1n) is 7.50. The summed E-state index contributed by atoms with van der Waals surface area (Å²) in [4.78, 5) is 0. The minimum atomic E-state index is 0.146. The van der Waals surface area contributed by atoms with E-state index in [-0.39, 0.29) is 11.7 Å². The number of ether oxygens (including phenoxy) is 3. The number of phenolic OH excluding ortho intramolecular Hbond substituents is 1. The number of methoxy groups -OCH3 is 3. The topological polar surface area (TPSA) is 60.0 Å². The van der Waals surface area contributed by atoms with Crippen molar-refractivity contribution in [1.29, 1.82) is 0 Å². The molecule has 0 bridgehead atoms. The maximum atomic E-state index is 9.80. The molecule has 2 aromatic rings. The number of rotatable bonds is 4. The van der Waals surface area contributed by atoms with Crippen LogP contribution in [0.2, 0.25) is 0 Å². The van der Waals surface area contributed by atoms with Gasteiger partial charge < -0.3 is 24.6 Å². The van der Waals surface area contributed by atoms with Crippen molar-refractivity contribution in [1.82, 2.24) is 5.32 Å². The van der Waals surface area contributed by atoms with Gasteiger partial charge in [0.1, 0.15) is 0 Å². The van der Waals surface area contributed by atoms with E-state index in [9.17, 15) is 5.11 Å². The van der Waals surface area contributed by atoms with Crippen LogP contribution in [0.25, 0.3) is 0 Å². The number of fused-ring (bicyclic) bond motifs is 1. The zero-order chi connectivity index (χ0) is 16.4. The molecule has 5 nitrogen and oxygen atoms in total. The van der Waals surface area contributed by atoms with Gasteiger partial charge in [0, 0.05) is 19.0 Å². The van der Waals surface area contributed by atoms with Crippen molar-refractivity contribution in [3.63, 3.8) is 0 Å². The Kier molecular flexibility index (Phi) is 4.30. The lowest BCUT2D eigenvalue weighted by Gasteiger charge is -2.28. The van der Waals surface area contributed by atoms with Crippen molar-refractivity contribution in [2.45, 2.75) is 12.5 Å². The number of hydrogen-bond donors (Lipinski definition) is 2. The van der Waals surface area contributed by atoms with Gasteiger partial charge >= 0.3 is 0 Å². The molecule has 0 aliphatic carbocycles. The number of benzene rings is 2. The van der Waals surface area contributed by atoms with Crippen LogP contribution in [0.1, 0.15) is 22.6 Å². The Bertz CT molecular complexity index is 714. The van der Waals surface area contributed by atoms with Crippen LogP contribution in [-0.4, -0.2) is 33.0 Å². The molecule has 0 saturated carbocycles. The Morgan fingerprint density at radius 2 is 1.65 bits per heavy atom. The van der Waals surface area contributed by atoms with Gasteiger partial charge in [-0.15, -0.1) is 0 Å². The lowest BCUT2D eigenvalue weighted by Crippen LogP contribution is -2.29. The van der Waals surface area contributed by atoms with Crippen LogP contribution in [0, 0.1) is 0 Å². The van der Waals surface area contributed by atoms with Crippen LogP contribution in [0.3, 0.4) is 0 Å². The molecule has 1 aliphatic rings. The number of hydrogen-bond acceptors (Lipinski definition) is 5. The Morgan fingerprint density at radius 3 is 2.35 bits per heavy atom. The van der Waals surface area contributed by atoms with Crippen molar-refractivity contribution in [2.24, 2.45) is 0 Å². The average Bonchev–Trinajstić information content (AvgIpc) is 2.60. The van der Waals surface area contributed by atoms with Crippen LogP contribution in [0.5, 0.6) is 23.0 Å². The highest BCUT2D eigenvalue weighted by molar-refractivity contribution is 5.53. The fourth-order valence-corrected chi connectivity index (χ4v) is 3.08. The van der Waals surface area contributed by atoms with Gasteiger partial charge in [-0.05, 0) is 41.0 Å². The van der Waals surface area contributed by atoms with E-state index in [1.54, 1.807) is 27.4 Å². The quantitative estimate of drug-likeness (QED) is 0.908. The predicted octanol–water partition coefficient (Wildman–Crippen LogP) is 2.65. The second-order valence-corrected chi connectivity index (χ2v) is 5.52. The lowest BCUT2D eigenvalue weighted by atomic mass is 9.85. The zero-order valence-electron chi connectivity index (χ0n) is 13.6. The molecule has 0 radical (unpaired) electrons. The first-order chi connectivity index (χ1) is 11.2. The third kappa shape index (κ3) is 2.80. The van der Waals surface area contributed by atoms with Crippen molar-refractivity contribution < 1.29 is 19.3 Å². The molecule has 0 saturated heterocycles. The second kappa shape index (κ2) is 6.38. The lowest BCUT2D eigenvalue weighted by molar-refractivity contribution is 0.353. The van der Waals surface area contributed by atoms with Gasteiger partial charge in [0.15, 0.2) is 23.0 Å². The van der Waals surface area contributed by atoms with Crippen LogP contribution < -0.4 is 19.5 Å². The summed E-state index contributed by atoms with van der Waals surface area (Å²) in [5.41, 5.74) is 3.47. The van der Waals surface area contributed by atoms with Gasteiger partial charge in [-0.2, -0.15) is 0 Å². The predicted molar refractivity (Wildman–Crippen MR) is 87.8 cm³/mol. The molecule has 23 heavy (non-hydrogen) atoms. The molecule has 1 atom stereocenters. The minimum Gasteiger partial charge on any atom is -0.504 e. The Labute approximate surface area is 135 Å². The summed E-state index contributed by atoms with van der Waals surface area (Å²) in [6.07, 6.45) is 0. The molecule has 3 rings (SSSR count). The smallest absolute Gasteiger partial charge is 0.161 e. The SMILES string of the molecule is COc1cc(C2CNCc3cc(OC)c(OC)cc32)ccc1O. The fourth-order valence-electron chi connectivity index (χ4n) is 3.08. The van der Waals surface area contributed by atoms with E-state index >= 15 is 0 Å². The fraction of sp³-hybridized carbons (Fsp3) is 0.333. The highest BCUT2D eigenvalue weighted by atomic mass is 16.5. The molecule has 2 aromatic carbocycles. The maximum Gasteiger partial charge on any atom is 0.161 e. The van der Waals surface area contributed by atoms with Crippen LogP contribution in [-0.2, 0) is 6.54 Å². The largest absolute Gasteiger partial charge is 0.504 e. The second-order valence-electron chi connectivity index (χ2n) is 5.52. The van der Waals surface area contributed by atoms with Crippen LogP contribution in [0.4, 0.5) is 0 Å². The van der Waals surface area contributed by atoms with E-state index in [0.29, 0.717) is 5.75 Å². The number of aromatic hydroxyl groups is 1. The van der Waals surface area contributed by atoms with Gasteiger partial charge in [-0.25, -0.2) is 0 Å². The summed E-state index contributed by atoms with van der Waals surface area (Å²) >= 11 is 0. The number of phenols is 1. The first-order valence-corrected chi connectivity index (χ1v) is 7.50. The van der Waals surface area contributed by atoms with Gasteiger partial charge in [0.25, 0.3) is 0 Å². The molecular formula is C18H21NO4. The highest BCUT2D eigenvalue weighted by Gasteiger charge is 2.24. The van der Waals surface area contributed by atoms with E-state index in [2.05, 4.69) is 5.32 Å². The summed E-state index contributed by atoms with van der Waals surface area (Å²) in [5, 5.41) is 13.2. The van der Waals surface area contributed by atoms with Crippen molar-refractivity contribution in [2.75, 3.05) is 27.9 Å².